The van der Waals surface area contributed by atoms with Crippen LogP contribution in [0.4, 0.5) is 0 Å². The third kappa shape index (κ3) is 5.57. The van der Waals surface area contributed by atoms with E-state index in [0.717, 1.165) is 58.6 Å². The van der Waals surface area contributed by atoms with Crippen molar-refractivity contribution in [2.45, 2.75) is 31.9 Å². The van der Waals surface area contributed by atoms with Gasteiger partial charge in [-0.3, -0.25) is 14.6 Å². The molecule has 2 saturated heterocycles. The van der Waals surface area contributed by atoms with Crippen molar-refractivity contribution < 1.29 is 9.53 Å². The Labute approximate surface area is 142 Å². The van der Waals surface area contributed by atoms with E-state index in [1.807, 2.05) is 11.3 Å². The lowest BCUT2D eigenvalue weighted by Gasteiger charge is -2.21. The normalized spacial score (nSPS) is 23.7. The van der Waals surface area contributed by atoms with Crippen molar-refractivity contribution in [3.63, 3.8) is 0 Å². The Morgan fingerprint density at radius 1 is 1.26 bits per heavy atom. The summed E-state index contributed by atoms with van der Waals surface area (Å²) in [4.78, 5) is 18.3. The number of carbonyl (C=O) groups excluding carboxylic acids is 1. The molecule has 1 N–H and O–H groups in total. The summed E-state index contributed by atoms with van der Waals surface area (Å²) >= 11 is 1.82. The molecule has 1 amide bonds. The topological polar surface area (TPSA) is 44.8 Å². The molecule has 1 aromatic heterocycles. The molecule has 23 heavy (non-hydrogen) atoms. The molecule has 0 aliphatic carbocycles. The Morgan fingerprint density at radius 2 is 2.13 bits per heavy atom. The fourth-order valence-electron chi connectivity index (χ4n) is 3.26. The molecular formula is C17H27N3O2S. The molecule has 0 aromatic carbocycles. The number of nitrogens with one attached hydrogen (secondary N) is 1. The van der Waals surface area contributed by atoms with Gasteiger partial charge in [-0.2, -0.15) is 0 Å². The smallest absolute Gasteiger partial charge is 0.234 e. The highest BCUT2D eigenvalue weighted by molar-refractivity contribution is 7.09. The standard InChI is InChI=1S/C17H27N3O2S/c21-17(18-12-15-4-1-10-22-15)14-20-7-3-6-19(8-9-20)13-16-5-2-11-23-16/h2,5,11,15H,1,3-4,6-10,12-14H2,(H,18,21). The zero-order valence-corrected chi connectivity index (χ0v) is 14.5. The number of hydrogen-bond acceptors (Lipinski definition) is 5. The fraction of sp³-hybridized carbons (Fsp3) is 0.706. The van der Waals surface area contributed by atoms with Crippen molar-refractivity contribution in [3.8, 4) is 0 Å². The molecule has 1 aromatic rings. The molecule has 0 radical (unpaired) electrons. The third-order valence-electron chi connectivity index (χ3n) is 4.56. The molecule has 0 saturated carbocycles. The minimum Gasteiger partial charge on any atom is -0.376 e. The van der Waals surface area contributed by atoms with Crippen LogP contribution < -0.4 is 5.32 Å². The van der Waals surface area contributed by atoms with Crippen LogP contribution in [0.15, 0.2) is 17.5 Å². The monoisotopic (exact) mass is 337 g/mol. The van der Waals surface area contributed by atoms with Gasteiger partial charge >= 0.3 is 0 Å². The second kappa shape index (κ2) is 8.78. The zero-order valence-electron chi connectivity index (χ0n) is 13.7. The Kier molecular flexibility index (Phi) is 6.45. The van der Waals surface area contributed by atoms with E-state index in [4.69, 9.17) is 4.74 Å². The molecule has 128 valence electrons. The summed E-state index contributed by atoms with van der Waals surface area (Å²) < 4.78 is 5.54. The maximum absolute atomic E-state index is 12.1. The Morgan fingerprint density at radius 3 is 2.91 bits per heavy atom. The largest absolute Gasteiger partial charge is 0.376 e. The predicted octanol–water partition coefficient (Wildman–Crippen LogP) is 1.55. The van der Waals surface area contributed by atoms with Gasteiger partial charge in [0.15, 0.2) is 0 Å². The number of thiophene rings is 1. The van der Waals surface area contributed by atoms with E-state index in [-0.39, 0.29) is 12.0 Å². The van der Waals surface area contributed by atoms with E-state index in [1.54, 1.807) is 0 Å². The minimum atomic E-state index is 0.132. The number of amides is 1. The van der Waals surface area contributed by atoms with E-state index >= 15 is 0 Å². The van der Waals surface area contributed by atoms with Crippen LogP contribution in [0.5, 0.6) is 0 Å². The van der Waals surface area contributed by atoms with Crippen LogP contribution in [0.25, 0.3) is 0 Å². The third-order valence-corrected chi connectivity index (χ3v) is 5.42. The fourth-order valence-corrected chi connectivity index (χ4v) is 4.00. The van der Waals surface area contributed by atoms with Crippen LogP contribution in [-0.4, -0.2) is 67.7 Å². The summed E-state index contributed by atoms with van der Waals surface area (Å²) in [7, 11) is 0. The molecule has 6 heteroatoms. The lowest BCUT2D eigenvalue weighted by atomic mass is 10.2. The van der Waals surface area contributed by atoms with E-state index in [1.165, 1.54) is 4.88 Å². The van der Waals surface area contributed by atoms with Gasteiger partial charge in [-0.1, -0.05) is 6.07 Å². The lowest BCUT2D eigenvalue weighted by Crippen LogP contribution is -2.41. The first-order valence-electron chi connectivity index (χ1n) is 8.65. The average molecular weight is 337 g/mol. The first-order valence-corrected chi connectivity index (χ1v) is 9.53. The van der Waals surface area contributed by atoms with Crippen molar-refractivity contribution >= 4 is 17.2 Å². The highest BCUT2D eigenvalue weighted by Crippen LogP contribution is 2.14. The molecular weight excluding hydrogens is 310 g/mol. The van der Waals surface area contributed by atoms with E-state index in [0.29, 0.717) is 13.1 Å². The second-order valence-corrected chi connectivity index (χ2v) is 7.46. The van der Waals surface area contributed by atoms with Gasteiger partial charge in [-0.05, 0) is 43.8 Å². The molecule has 5 nitrogen and oxygen atoms in total. The van der Waals surface area contributed by atoms with Gasteiger partial charge in [-0.15, -0.1) is 11.3 Å². The van der Waals surface area contributed by atoms with E-state index in [2.05, 4.69) is 32.6 Å². The van der Waals surface area contributed by atoms with Crippen LogP contribution in [0, 0.1) is 0 Å². The Balaban J connectivity index is 1.36. The zero-order chi connectivity index (χ0) is 15.9. The molecule has 2 aliphatic rings. The molecule has 2 fully saturated rings. The summed E-state index contributed by atoms with van der Waals surface area (Å²) in [5, 5.41) is 5.16. The molecule has 3 rings (SSSR count). The highest BCUT2D eigenvalue weighted by Gasteiger charge is 2.19. The predicted molar refractivity (Wildman–Crippen MR) is 92.6 cm³/mol. The van der Waals surface area contributed by atoms with E-state index < -0.39 is 0 Å². The average Bonchev–Trinajstić information content (AvgIpc) is 3.19. The molecule has 2 aliphatic heterocycles. The number of carbonyl (C=O) groups is 1. The van der Waals surface area contributed by atoms with Gasteiger partial charge in [0, 0.05) is 37.7 Å². The SMILES string of the molecule is O=C(CN1CCCN(Cc2cccs2)CC1)NCC1CCCO1. The molecule has 1 atom stereocenters. The minimum absolute atomic E-state index is 0.132. The summed E-state index contributed by atoms with van der Waals surface area (Å²) in [5.41, 5.74) is 0. The van der Waals surface area contributed by atoms with Crippen molar-refractivity contribution in [1.29, 1.82) is 0 Å². The number of hydrogen-bond donors (Lipinski definition) is 1. The number of ether oxygens (including phenoxy) is 1. The van der Waals surface area contributed by atoms with Crippen LogP contribution in [0.2, 0.25) is 0 Å². The number of rotatable bonds is 6. The summed E-state index contributed by atoms with van der Waals surface area (Å²) in [6.07, 6.45) is 3.54. The first-order chi connectivity index (χ1) is 11.3. The maximum atomic E-state index is 12.1. The van der Waals surface area contributed by atoms with Crippen LogP contribution in [0.3, 0.4) is 0 Å². The summed E-state index contributed by atoms with van der Waals surface area (Å²) in [6, 6.07) is 4.31. The number of nitrogens with zero attached hydrogens (tertiary/aromatic N) is 2. The van der Waals surface area contributed by atoms with Gasteiger partial charge in [-0.25, -0.2) is 0 Å². The van der Waals surface area contributed by atoms with Crippen molar-refractivity contribution in [2.24, 2.45) is 0 Å². The quantitative estimate of drug-likeness (QED) is 0.855. The van der Waals surface area contributed by atoms with Gasteiger partial charge < -0.3 is 10.1 Å². The molecule has 0 bridgehead atoms. The molecule has 1 unspecified atom stereocenters. The lowest BCUT2D eigenvalue weighted by molar-refractivity contribution is -0.122. The van der Waals surface area contributed by atoms with Crippen LogP contribution >= 0.6 is 11.3 Å². The van der Waals surface area contributed by atoms with Gasteiger partial charge in [0.05, 0.1) is 12.6 Å². The Bertz CT molecular complexity index is 474. The van der Waals surface area contributed by atoms with Crippen molar-refractivity contribution in [3.05, 3.63) is 22.4 Å². The van der Waals surface area contributed by atoms with Crippen molar-refractivity contribution in [2.75, 3.05) is 45.9 Å². The first kappa shape index (κ1) is 16.9. The van der Waals surface area contributed by atoms with Crippen molar-refractivity contribution in [1.82, 2.24) is 15.1 Å². The van der Waals surface area contributed by atoms with Gasteiger partial charge in [0.2, 0.25) is 5.91 Å². The van der Waals surface area contributed by atoms with Gasteiger partial charge in [0.1, 0.15) is 0 Å². The summed E-state index contributed by atoms with van der Waals surface area (Å²) in [5.74, 6) is 0.132. The molecule has 0 spiro atoms. The maximum Gasteiger partial charge on any atom is 0.234 e. The van der Waals surface area contributed by atoms with E-state index in [9.17, 15) is 4.79 Å². The Hall–Kier alpha value is -0.950. The summed E-state index contributed by atoms with van der Waals surface area (Å²) in [6.45, 7) is 7.19. The van der Waals surface area contributed by atoms with Crippen LogP contribution in [-0.2, 0) is 16.1 Å². The molecule has 3 heterocycles. The van der Waals surface area contributed by atoms with Crippen LogP contribution in [0.1, 0.15) is 24.1 Å². The highest BCUT2D eigenvalue weighted by atomic mass is 32.1. The van der Waals surface area contributed by atoms with Gasteiger partial charge in [0.25, 0.3) is 0 Å². The second-order valence-electron chi connectivity index (χ2n) is 6.42.